The van der Waals surface area contributed by atoms with E-state index in [4.69, 9.17) is 20.3 Å². The van der Waals surface area contributed by atoms with E-state index in [1.807, 2.05) is 0 Å². The Labute approximate surface area is 209 Å². The van der Waals surface area contributed by atoms with Gasteiger partial charge in [-0.25, -0.2) is 0 Å². The number of benzene rings is 3. The van der Waals surface area contributed by atoms with Crippen LogP contribution in [0.3, 0.4) is 0 Å². The van der Waals surface area contributed by atoms with Crippen molar-refractivity contribution in [1.29, 1.82) is 0 Å². The first kappa shape index (κ1) is 24.3. The number of anilines is 4. The van der Waals surface area contributed by atoms with E-state index in [1.54, 1.807) is 42.5 Å². The van der Waals surface area contributed by atoms with Gasteiger partial charge in [-0.3, -0.25) is 14.5 Å². The van der Waals surface area contributed by atoms with Crippen LogP contribution in [-0.4, -0.2) is 36.4 Å². The number of carboxylic acid groups (broad SMARTS) is 1. The van der Waals surface area contributed by atoms with Crippen molar-refractivity contribution in [2.24, 2.45) is 0 Å². The number of aliphatic carboxylic acids is 1. The van der Waals surface area contributed by atoms with E-state index in [2.05, 4.69) is 5.32 Å². The molecule has 2 aliphatic heterocycles. The maximum atomic E-state index is 13.8. The number of hydrogen-bond donors (Lipinski definition) is 3. The molecule has 0 aliphatic carbocycles. The molecule has 1 amide bonds. The minimum atomic E-state index is -5.15. The fourth-order valence-electron chi connectivity index (χ4n) is 4.67. The zero-order chi connectivity index (χ0) is 26.3. The first-order chi connectivity index (χ1) is 17.6. The summed E-state index contributed by atoms with van der Waals surface area (Å²) in [4.78, 5) is 24.5. The molecule has 0 unspecified atom stereocenters. The molecule has 37 heavy (non-hydrogen) atoms. The van der Waals surface area contributed by atoms with Gasteiger partial charge in [-0.15, -0.1) is 0 Å². The molecular weight excluding hydrogens is 491 g/mol. The molecule has 5 rings (SSSR count). The number of amides is 1. The lowest BCUT2D eigenvalue weighted by Gasteiger charge is -2.29. The molecular formula is C26H22F3N3O5. The van der Waals surface area contributed by atoms with Crippen molar-refractivity contribution in [2.75, 3.05) is 29.2 Å². The second-order valence-corrected chi connectivity index (χ2v) is 8.76. The van der Waals surface area contributed by atoms with Crippen molar-refractivity contribution in [3.8, 4) is 11.5 Å². The Bertz CT molecular complexity index is 1380. The Morgan fingerprint density at radius 1 is 1.00 bits per heavy atom. The van der Waals surface area contributed by atoms with Gasteiger partial charge in [-0.2, -0.15) is 13.2 Å². The van der Waals surface area contributed by atoms with Crippen LogP contribution < -0.4 is 25.4 Å². The molecule has 2 aliphatic rings. The van der Waals surface area contributed by atoms with E-state index in [-0.39, 0.29) is 31.1 Å². The van der Waals surface area contributed by atoms with E-state index in [0.29, 0.717) is 38.8 Å². The van der Waals surface area contributed by atoms with Crippen LogP contribution in [0, 0.1) is 0 Å². The SMILES string of the molecule is Nc1ccccc1Nc1cccc2c1OC[C@@H]2N(C(=O)C(F)(F)F)c1ccc2c(c1)OC[C@H]2CC(=O)O. The molecule has 3 aromatic rings. The highest BCUT2D eigenvalue weighted by Gasteiger charge is 2.48. The lowest BCUT2D eigenvalue weighted by molar-refractivity contribution is -0.171. The number of rotatable bonds is 6. The van der Waals surface area contributed by atoms with Crippen LogP contribution in [0.15, 0.2) is 60.7 Å². The summed E-state index contributed by atoms with van der Waals surface area (Å²) in [6, 6.07) is 15.1. The number of carbonyl (C=O) groups excluding carboxylic acids is 1. The van der Waals surface area contributed by atoms with Gasteiger partial charge < -0.3 is 25.6 Å². The average molecular weight is 513 g/mol. The first-order valence-corrected chi connectivity index (χ1v) is 11.4. The summed E-state index contributed by atoms with van der Waals surface area (Å²) >= 11 is 0. The monoisotopic (exact) mass is 513 g/mol. The largest absolute Gasteiger partial charge is 0.493 e. The number of carbonyl (C=O) groups is 2. The molecule has 0 spiro atoms. The topological polar surface area (TPSA) is 114 Å². The van der Waals surface area contributed by atoms with Crippen LogP contribution in [0.25, 0.3) is 0 Å². The molecule has 8 nitrogen and oxygen atoms in total. The summed E-state index contributed by atoms with van der Waals surface area (Å²) in [7, 11) is 0. The van der Waals surface area contributed by atoms with Crippen LogP contribution in [-0.2, 0) is 9.59 Å². The number of fused-ring (bicyclic) bond motifs is 2. The van der Waals surface area contributed by atoms with E-state index in [1.165, 1.54) is 18.2 Å². The Hall–Kier alpha value is -4.41. The highest BCUT2D eigenvalue weighted by molar-refractivity contribution is 5.98. The normalized spacial score (nSPS) is 17.8. The molecule has 3 aromatic carbocycles. The first-order valence-electron chi connectivity index (χ1n) is 11.4. The molecule has 192 valence electrons. The number of nitrogens with one attached hydrogen (secondary N) is 1. The average Bonchev–Trinajstić information content (AvgIpc) is 3.45. The van der Waals surface area contributed by atoms with Crippen molar-refractivity contribution in [3.05, 3.63) is 71.8 Å². The van der Waals surface area contributed by atoms with E-state index < -0.39 is 30.0 Å². The molecule has 0 saturated heterocycles. The number of halogens is 3. The van der Waals surface area contributed by atoms with Crippen LogP contribution in [0.2, 0.25) is 0 Å². The lowest BCUT2D eigenvalue weighted by atomic mass is 9.97. The summed E-state index contributed by atoms with van der Waals surface area (Å²) in [5.41, 5.74) is 8.49. The zero-order valence-corrected chi connectivity index (χ0v) is 19.3. The fourth-order valence-corrected chi connectivity index (χ4v) is 4.67. The van der Waals surface area contributed by atoms with E-state index in [9.17, 15) is 22.8 Å². The summed E-state index contributed by atoms with van der Waals surface area (Å²) in [6.07, 6.45) is -5.33. The van der Waals surface area contributed by atoms with Crippen LogP contribution >= 0.6 is 0 Å². The minimum Gasteiger partial charge on any atom is -0.493 e. The Morgan fingerprint density at radius 2 is 1.76 bits per heavy atom. The number of ether oxygens (including phenoxy) is 2. The number of para-hydroxylation sites is 3. The number of nitrogens with two attached hydrogens (primary N) is 1. The third kappa shape index (κ3) is 4.59. The van der Waals surface area contributed by atoms with E-state index in [0.717, 1.165) is 0 Å². The Kier molecular flexibility index (Phi) is 6.06. The van der Waals surface area contributed by atoms with Gasteiger partial charge in [0.25, 0.3) is 0 Å². The van der Waals surface area contributed by atoms with Crippen molar-refractivity contribution < 1.29 is 37.3 Å². The van der Waals surface area contributed by atoms with Crippen molar-refractivity contribution >= 4 is 34.6 Å². The second-order valence-electron chi connectivity index (χ2n) is 8.76. The standard InChI is InChI=1S/C26H22F3N3O5/c27-26(28,29)25(35)32(15-8-9-16-14(10-23(33)34)12-36-22(16)11-15)21-13-37-24-17(21)4-3-7-20(24)31-19-6-2-1-5-18(19)30/h1-9,11,14,21,31H,10,12-13,30H2,(H,33,34)/t14-,21+/m1/s1. The summed E-state index contributed by atoms with van der Waals surface area (Å²) < 4.78 is 52.6. The molecule has 0 aromatic heterocycles. The molecule has 11 heteroatoms. The smallest absolute Gasteiger partial charge is 0.471 e. The molecule has 0 bridgehead atoms. The van der Waals surface area contributed by atoms with Gasteiger partial charge in [-0.1, -0.05) is 30.3 Å². The molecule has 2 heterocycles. The molecule has 4 N–H and O–H groups in total. The zero-order valence-electron chi connectivity index (χ0n) is 19.3. The van der Waals surface area contributed by atoms with E-state index >= 15 is 0 Å². The maximum Gasteiger partial charge on any atom is 0.471 e. The summed E-state index contributed by atoms with van der Waals surface area (Å²) in [5.74, 6) is -2.93. The van der Waals surface area contributed by atoms with Gasteiger partial charge in [0.15, 0.2) is 0 Å². The molecule has 0 radical (unpaired) electrons. The van der Waals surface area contributed by atoms with Gasteiger partial charge >= 0.3 is 18.1 Å². The third-order valence-corrected chi connectivity index (χ3v) is 6.37. The van der Waals surface area contributed by atoms with Crippen LogP contribution in [0.1, 0.15) is 29.5 Å². The van der Waals surface area contributed by atoms with Crippen molar-refractivity contribution in [3.63, 3.8) is 0 Å². The van der Waals surface area contributed by atoms with Crippen molar-refractivity contribution in [2.45, 2.75) is 24.6 Å². The second kappa shape index (κ2) is 9.23. The van der Waals surface area contributed by atoms with Gasteiger partial charge in [0.05, 0.1) is 36.1 Å². The maximum absolute atomic E-state index is 13.8. The summed E-state index contributed by atoms with van der Waals surface area (Å²) in [6.45, 7) is -0.120. The molecule has 2 atom stereocenters. The number of alkyl halides is 3. The predicted octanol–water partition coefficient (Wildman–Crippen LogP) is 4.99. The molecule has 0 saturated carbocycles. The van der Waals surface area contributed by atoms with Gasteiger partial charge in [-0.05, 0) is 24.3 Å². The van der Waals surface area contributed by atoms with Crippen LogP contribution in [0.5, 0.6) is 11.5 Å². The Morgan fingerprint density at radius 3 is 2.49 bits per heavy atom. The Balaban J connectivity index is 1.52. The van der Waals surface area contributed by atoms with Gasteiger partial charge in [0, 0.05) is 28.8 Å². The quantitative estimate of drug-likeness (QED) is 0.398. The predicted molar refractivity (Wildman–Crippen MR) is 129 cm³/mol. The van der Waals surface area contributed by atoms with Gasteiger partial charge in [0.2, 0.25) is 0 Å². The summed E-state index contributed by atoms with van der Waals surface area (Å²) in [5, 5.41) is 12.3. The number of nitrogen functional groups attached to an aromatic ring is 1. The van der Waals surface area contributed by atoms with Gasteiger partial charge in [0.1, 0.15) is 18.1 Å². The minimum absolute atomic E-state index is 0.0378. The number of hydrogen-bond acceptors (Lipinski definition) is 6. The van der Waals surface area contributed by atoms with Crippen molar-refractivity contribution in [1.82, 2.24) is 0 Å². The fraction of sp³-hybridized carbons (Fsp3) is 0.231. The molecule has 0 fully saturated rings. The highest BCUT2D eigenvalue weighted by Crippen LogP contribution is 2.46. The number of nitrogens with zero attached hydrogens (tertiary/aromatic N) is 1. The highest BCUT2D eigenvalue weighted by atomic mass is 19.4. The lowest BCUT2D eigenvalue weighted by Crippen LogP contribution is -2.44. The van der Waals surface area contributed by atoms with Crippen LogP contribution in [0.4, 0.5) is 35.9 Å². The third-order valence-electron chi connectivity index (χ3n) is 6.37. The number of carboxylic acids is 1.